The zero-order valence-corrected chi connectivity index (χ0v) is 11.9. The first-order valence-corrected chi connectivity index (χ1v) is 7.60. The van der Waals surface area contributed by atoms with Gasteiger partial charge in [0, 0.05) is 25.0 Å². The highest BCUT2D eigenvalue weighted by Gasteiger charge is 2.29. The van der Waals surface area contributed by atoms with Crippen molar-refractivity contribution < 1.29 is 4.74 Å². The standard InChI is InChI=1S/C16H21N3O/c1-11-2-5-15-14(8-11)18-16(19(15)13-3-4-13)9-12-10-20-7-6-17-12/h2,5,8,12-13,17H,3-4,6-7,9-10H2,1H3. The van der Waals surface area contributed by atoms with E-state index < -0.39 is 0 Å². The molecule has 106 valence electrons. The van der Waals surface area contributed by atoms with Gasteiger partial charge in [-0.2, -0.15) is 0 Å². The maximum absolute atomic E-state index is 5.56. The van der Waals surface area contributed by atoms with Gasteiger partial charge in [0.05, 0.1) is 24.2 Å². The Labute approximate surface area is 119 Å². The van der Waals surface area contributed by atoms with Gasteiger partial charge in [-0.25, -0.2) is 4.98 Å². The van der Waals surface area contributed by atoms with Crippen molar-refractivity contribution in [1.29, 1.82) is 0 Å². The van der Waals surface area contributed by atoms with E-state index in [2.05, 4.69) is 35.0 Å². The molecular weight excluding hydrogens is 250 g/mol. The van der Waals surface area contributed by atoms with Gasteiger partial charge in [-0.05, 0) is 37.5 Å². The molecule has 0 spiro atoms. The number of imidazole rings is 1. The molecular formula is C16H21N3O. The second-order valence-corrected chi connectivity index (χ2v) is 6.05. The molecule has 1 aliphatic heterocycles. The third kappa shape index (κ3) is 2.23. The molecule has 2 fully saturated rings. The fraction of sp³-hybridized carbons (Fsp3) is 0.562. The second kappa shape index (κ2) is 4.86. The number of hydrogen-bond acceptors (Lipinski definition) is 3. The van der Waals surface area contributed by atoms with E-state index in [9.17, 15) is 0 Å². The van der Waals surface area contributed by atoms with Crippen LogP contribution >= 0.6 is 0 Å². The van der Waals surface area contributed by atoms with Gasteiger partial charge in [0.15, 0.2) is 0 Å². The molecule has 2 aromatic rings. The van der Waals surface area contributed by atoms with E-state index in [1.54, 1.807) is 0 Å². The lowest BCUT2D eigenvalue weighted by molar-refractivity contribution is 0.0761. The third-order valence-corrected chi connectivity index (χ3v) is 4.26. The molecule has 4 nitrogen and oxygen atoms in total. The van der Waals surface area contributed by atoms with Crippen LogP contribution in [-0.4, -0.2) is 35.4 Å². The van der Waals surface area contributed by atoms with Gasteiger partial charge < -0.3 is 14.6 Å². The molecule has 20 heavy (non-hydrogen) atoms. The highest BCUT2D eigenvalue weighted by Crippen LogP contribution is 2.39. The average Bonchev–Trinajstić information content (AvgIpc) is 3.22. The van der Waals surface area contributed by atoms with Crippen LogP contribution in [0.15, 0.2) is 18.2 Å². The van der Waals surface area contributed by atoms with Crippen molar-refractivity contribution in [3.63, 3.8) is 0 Å². The molecule has 1 atom stereocenters. The number of aromatic nitrogens is 2. The minimum absolute atomic E-state index is 0.402. The predicted molar refractivity (Wildman–Crippen MR) is 79.1 cm³/mol. The summed E-state index contributed by atoms with van der Waals surface area (Å²) in [5.41, 5.74) is 3.72. The number of aryl methyl sites for hydroxylation is 1. The first kappa shape index (κ1) is 12.4. The molecule has 1 saturated heterocycles. The third-order valence-electron chi connectivity index (χ3n) is 4.26. The lowest BCUT2D eigenvalue weighted by atomic mass is 10.2. The van der Waals surface area contributed by atoms with Gasteiger partial charge in [0.2, 0.25) is 0 Å². The number of benzene rings is 1. The van der Waals surface area contributed by atoms with Gasteiger partial charge in [-0.1, -0.05) is 6.07 Å². The Kier molecular flexibility index (Phi) is 3.00. The van der Waals surface area contributed by atoms with Crippen molar-refractivity contribution in [3.8, 4) is 0 Å². The summed E-state index contributed by atoms with van der Waals surface area (Å²) < 4.78 is 8.03. The van der Waals surface area contributed by atoms with Crippen LogP contribution in [0, 0.1) is 6.92 Å². The normalized spacial score (nSPS) is 23.4. The molecule has 1 N–H and O–H groups in total. The molecule has 1 aliphatic carbocycles. The summed E-state index contributed by atoms with van der Waals surface area (Å²) in [6, 6.07) is 7.68. The largest absolute Gasteiger partial charge is 0.379 e. The van der Waals surface area contributed by atoms with Crippen molar-refractivity contribution >= 4 is 11.0 Å². The topological polar surface area (TPSA) is 39.1 Å². The zero-order chi connectivity index (χ0) is 13.5. The predicted octanol–water partition coefficient (Wildman–Crippen LogP) is 2.21. The van der Waals surface area contributed by atoms with Crippen molar-refractivity contribution in [2.45, 2.75) is 38.3 Å². The Morgan fingerprint density at radius 1 is 1.40 bits per heavy atom. The minimum atomic E-state index is 0.402. The van der Waals surface area contributed by atoms with Gasteiger partial charge in [-0.15, -0.1) is 0 Å². The Hall–Kier alpha value is -1.39. The van der Waals surface area contributed by atoms with E-state index >= 15 is 0 Å². The molecule has 1 saturated carbocycles. The molecule has 4 heteroatoms. The van der Waals surface area contributed by atoms with Crippen LogP contribution in [0.5, 0.6) is 0 Å². The van der Waals surface area contributed by atoms with E-state index in [0.717, 1.165) is 31.7 Å². The number of nitrogens with one attached hydrogen (secondary N) is 1. The maximum atomic E-state index is 5.56. The van der Waals surface area contributed by atoms with Crippen LogP contribution in [0.3, 0.4) is 0 Å². The summed E-state index contributed by atoms with van der Waals surface area (Å²) in [5, 5.41) is 3.53. The fourth-order valence-corrected chi connectivity index (χ4v) is 3.11. The first-order chi connectivity index (χ1) is 9.81. The van der Waals surface area contributed by atoms with Crippen LogP contribution in [0.1, 0.15) is 30.3 Å². The van der Waals surface area contributed by atoms with Crippen LogP contribution in [0.25, 0.3) is 11.0 Å². The van der Waals surface area contributed by atoms with Crippen molar-refractivity contribution in [1.82, 2.24) is 14.9 Å². The lowest BCUT2D eigenvalue weighted by Crippen LogP contribution is -2.43. The Bertz CT molecular complexity index is 624. The van der Waals surface area contributed by atoms with E-state index in [1.165, 1.54) is 29.7 Å². The molecule has 2 aliphatic rings. The summed E-state index contributed by atoms with van der Waals surface area (Å²) in [7, 11) is 0. The van der Waals surface area contributed by atoms with E-state index in [1.807, 2.05) is 0 Å². The number of fused-ring (bicyclic) bond motifs is 1. The highest BCUT2D eigenvalue weighted by atomic mass is 16.5. The van der Waals surface area contributed by atoms with Gasteiger partial charge in [0.25, 0.3) is 0 Å². The first-order valence-electron chi connectivity index (χ1n) is 7.60. The summed E-state index contributed by atoms with van der Waals surface area (Å²) in [6.07, 6.45) is 3.55. The van der Waals surface area contributed by atoms with Crippen molar-refractivity contribution in [2.75, 3.05) is 19.8 Å². The average molecular weight is 271 g/mol. The number of ether oxygens (including phenoxy) is 1. The molecule has 0 bridgehead atoms. The summed E-state index contributed by atoms with van der Waals surface area (Å²) >= 11 is 0. The fourth-order valence-electron chi connectivity index (χ4n) is 3.11. The van der Waals surface area contributed by atoms with Crippen LogP contribution < -0.4 is 5.32 Å². The molecule has 1 aromatic heterocycles. The quantitative estimate of drug-likeness (QED) is 0.930. The van der Waals surface area contributed by atoms with Crippen molar-refractivity contribution in [3.05, 3.63) is 29.6 Å². The summed E-state index contributed by atoms with van der Waals surface area (Å²) in [5.74, 6) is 1.22. The van der Waals surface area contributed by atoms with Crippen LogP contribution in [0.4, 0.5) is 0 Å². The lowest BCUT2D eigenvalue weighted by Gasteiger charge is -2.23. The molecule has 1 aromatic carbocycles. The molecule has 1 unspecified atom stereocenters. The van der Waals surface area contributed by atoms with Crippen LogP contribution in [0.2, 0.25) is 0 Å². The molecule has 4 rings (SSSR count). The monoisotopic (exact) mass is 271 g/mol. The second-order valence-electron chi connectivity index (χ2n) is 6.05. The Morgan fingerprint density at radius 2 is 2.30 bits per heavy atom. The van der Waals surface area contributed by atoms with Gasteiger partial charge in [0.1, 0.15) is 5.82 Å². The number of nitrogens with zero attached hydrogens (tertiary/aromatic N) is 2. The molecule has 2 heterocycles. The summed E-state index contributed by atoms with van der Waals surface area (Å²) in [4.78, 5) is 4.90. The van der Waals surface area contributed by atoms with Gasteiger partial charge in [-0.3, -0.25) is 0 Å². The Morgan fingerprint density at radius 3 is 3.05 bits per heavy atom. The smallest absolute Gasteiger partial charge is 0.111 e. The highest BCUT2D eigenvalue weighted by molar-refractivity contribution is 5.77. The van der Waals surface area contributed by atoms with E-state index in [0.29, 0.717) is 12.1 Å². The summed E-state index contributed by atoms with van der Waals surface area (Å²) in [6.45, 7) is 4.71. The number of morpholine rings is 1. The zero-order valence-electron chi connectivity index (χ0n) is 11.9. The van der Waals surface area contributed by atoms with Crippen LogP contribution in [-0.2, 0) is 11.2 Å². The Balaban J connectivity index is 1.71. The number of rotatable bonds is 3. The number of hydrogen-bond donors (Lipinski definition) is 1. The minimum Gasteiger partial charge on any atom is -0.379 e. The van der Waals surface area contributed by atoms with Gasteiger partial charge >= 0.3 is 0 Å². The molecule has 0 radical (unpaired) electrons. The SMILES string of the molecule is Cc1ccc2c(c1)nc(CC1COCCN1)n2C1CC1. The van der Waals surface area contributed by atoms with E-state index in [-0.39, 0.29) is 0 Å². The maximum Gasteiger partial charge on any atom is 0.111 e. The van der Waals surface area contributed by atoms with Crippen molar-refractivity contribution in [2.24, 2.45) is 0 Å². The molecule has 0 amide bonds. The van der Waals surface area contributed by atoms with E-state index in [4.69, 9.17) is 9.72 Å².